The third-order valence-corrected chi connectivity index (χ3v) is 5.36. The summed E-state index contributed by atoms with van der Waals surface area (Å²) in [4.78, 5) is 11.0. The second-order valence-electron chi connectivity index (χ2n) is 6.86. The SMILES string of the molecule is Fc1ccc(C2(CNc3cc(N4CCOCC4)ncn3)CCC2)cc1. The van der Waals surface area contributed by atoms with Gasteiger partial charge < -0.3 is 15.0 Å². The zero-order chi connectivity index (χ0) is 17.1. The summed E-state index contributed by atoms with van der Waals surface area (Å²) in [7, 11) is 0. The lowest BCUT2D eigenvalue weighted by Gasteiger charge is -2.42. The van der Waals surface area contributed by atoms with E-state index in [9.17, 15) is 4.39 Å². The highest BCUT2D eigenvalue weighted by Crippen LogP contribution is 2.43. The van der Waals surface area contributed by atoms with Crippen molar-refractivity contribution in [2.45, 2.75) is 24.7 Å². The number of halogens is 1. The van der Waals surface area contributed by atoms with Crippen molar-refractivity contribution in [1.29, 1.82) is 0 Å². The minimum Gasteiger partial charge on any atom is -0.378 e. The first-order valence-corrected chi connectivity index (χ1v) is 8.90. The molecule has 2 heterocycles. The van der Waals surface area contributed by atoms with Crippen LogP contribution in [0.4, 0.5) is 16.0 Å². The fourth-order valence-corrected chi connectivity index (χ4v) is 3.64. The van der Waals surface area contributed by atoms with E-state index in [2.05, 4.69) is 20.2 Å². The molecule has 1 saturated heterocycles. The number of aromatic nitrogens is 2. The Kier molecular flexibility index (Phi) is 4.53. The van der Waals surface area contributed by atoms with E-state index >= 15 is 0 Å². The molecule has 1 aliphatic carbocycles. The van der Waals surface area contributed by atoms with Gasteiger partial charge in [0.05, 0.1) is 13.2 Å². The Balaban J connectivity index is 1.46. The van der Waals surface area contributed by atoms with Crippen LogP contribution in [0.2, 0.25) is 0 Å². The summed E-state index contributed by atoms with van der Waals surface area (Å²) in [5.41, 5.74) is 1.28. The predicted octanol–water partition coefficient (Wildman–Crippen LogP) is 2.99. The van der Waals surface area contributed by atoms with Gasteiger partial charge in [-0.15, -0.1) is 0 Å². The molecule has 0 unspecified atom stereocenters. The van der Waals surface area contributed by atoms with Crippen LogP contribution in [0, 0.1) is 5.82 Å². The van der Waals surface area contributed by atoms with Crippen molar-refractivity contribution in [3.63, 3.8) is 0 Å². The zero-order valence-corrected chi connectivity index (χ0v) is 14.2. The molecule has 0 bridgehead atoms. The van der Waals surface area contributed by atoms with Gasteiger partial charge in [-0.25, -0.2) is 14.4 Å². The van der Waals surface area contributed by atoms with Crippen molar-refractivity contribution in [1.82, 2.24) is 9.97 Å². The summed E-state index contributed by atoms with van der Waals surface area (Å²) in [5.74, 6) is 1.59. The fourth-order valence-electron chi connectivity index (χ4n) is 3.64. The van der Waals surface area contributed by atoms with Crippen LogP contribution in [0.25, 0.3) is 0 Å². The highest BCUT2D eigenvalue weighted by Gasteiger charge is 2.38. The number of rotatable bonds is 5. The molecule has 0 atom stereocenters. The maximum Gasteiger partial charge on any atom is 0.134 e. The number of hydrogen-bond acceptors (Lipinski definition) is 5. The van der Waals surface area contributed by atoms with E-state index < -0.39 is 0 Å². The number of nitrogens with one attached hydrogen (secondary N) is 1. The minimum atomic E-state index is -0.183. The lowest BCUT2D eigenvalue weighted by Crippen LogP contribution is -2.41. The molecule has 1 saturated carbocycles. The van der Waals surface area contributed by atoms with E-state index in [1.807, 2.05) is 18.2 Å². The van der Waals surface area contributed by atoms with Gasteiger partial charge >= 0.3 is 0 Å². The van der Waals surface area contributed by atoms with Crippen LogP contribution >= 0.6 is 0 Å². The molecule has 2 aliphatic rings. The van der Waals surface area contributed by atoms with E-state index in [0.29, 0.717) is 0 Å². The summed E-state index contributed by atoms with van der Waals surface area (Å²) < 4.78 is 18.6. The van der Waals surface area contributed by atoms with Crippen molar-refractivity contribution in [2.75, 3.05) is 43.1 Å². The van der Waals surface area contributed by atoms with Gasteiger partial charge in [-0.05, 0) is 30.5 Å². The van der Waals surface area contributed by atoms with Crippen LogP contribution in [0.15, 0.2) is 36.7 Å². The van der Waals surface area contributed by atoms with Crippen molar-refractivity contribution in [3.8, 4) is 0 Å². The first-order chi connectivity index (χ1) is 12.3. The van der Waals surface area contributed by atoms with Crippen LogP contribution in [-0.4, -0.2) is 42.8 Å². The predicted molar refractivity (Wildman–Crippen MR) is 95.5 cm³/mol. The molecule has 2 fully saturated rings. The first-order valence-electron chi connectivity index (χ1n) is 8.90. The minimum absolute atomic E-state index is 0.0811. The van der Waals surface area contributed by atoms with Gasteiger partial charge in [-0.3, -0.25) is 0 Å². The van der Waals surface area contributed by atoms with Gasteiger partial charge in [0.1, 0.15) is 23.8 Å². The Morgan fingerprint density at radius 1 is 1.12 bits per heavy atom. The number of benzene rings is 1. The maximum absolute atomic E-state index is 13.2. The van der Waals surface area contributed by atoms with E-state index in [4.69, 9.17) is 4.74 Å². The van der Waals surface area contributed by atoms with Gasteiger partial charge in [-0.1, -0.05) is 18.6 Å². The largest absolute Gasteiger partial charge is 0.378 e. The van der Waals surface area contributed by atoms with Gasteiger partial charge in [0.25, 0.3) is 0 Å². The molecule has 1 aromatic carbocycles. The topological polar surface area (TPSA) is 50.3 Å². The molecule has 1 aromatic heterocycles. The molecule has 0 radical (unpaired) electrons. The highest BCUT2D eigenvalue weighted by molar-refractivity contribution is 5.49. The Morgan fingerprint density at radius 3 is 2.56 bits per heavy atom. The summed E-state index contributed by atoms with van der Waals surface area (Å²) in [6.45, 7) is 3.99. The summed E-state index contributed by atoms with van der Waals surface area (Å²) in [6, 6.07) is 8.93. The molecule has 4 rings (SSSR count). The van der Waals surface area contributed by atoms with Crippen LogP contribution in [0.1, 0.15) is 24.8 Å². The van der Waals surface area contributed by atoms with E-state index in [1.165, 1.54) is 12.0 Å². The van der Waals surface area contributed by atoms with Gasteiger partial charge in [0.2, 0.25) is 0 Å². The summed E-state index contributed by atoms with van der Waals surface area (Å²) >= 11 is 0. The summed E-state index contributed by atoms with van der Waals surface area (Å²) in [5, 5.41) is 3.48. The second-order valence-corrected chi connectivity index (χ2v) is 6.86. The fraction of sp³-hybridized carbons (Fsp3) is 0.474. The molecule has 25 heavy (non-hydrogen) atoms. The quantitative estimate of drug-likeness (QED) is 0.905. The van der Waals surface area contributed by atoms with Crippen molar-refractivity contribution >= 4 is 11.6 Å². The standard InChI is InChI=1S/C19H23FN4O/c20-16-4-2-15(3-5-16)19(6-1-7-19)13-21-17-12-18(23-14-22-17)24-8-10-25-11-9-24/h2-5,12,14H,1,6-11,13H2,(H,21,22,23). The number of anilines is 2. The van der Waals surface area contributed by atoms with Crippen molar-refractivity contribution in [3.05, 3.63) is 48.0 Å². The molecule has 1 N–H and O–H groups in total. The smallest absolute Gasteiger partial charge is 0.134 e. The monoisotopic (exact) mass is 342 g/mol. The lowest BCUT2D eigenvalue weighted by atomic mass is 9.64. The van der Waals surface area contributed by atoms with Gasteiger partial charge in [-0.2, -0.15) is 0 Å². The molecule has 5 nitrogen and oxygen atoms in total. The van der Waals surface area contributed by atoms with Crippen LogP contribution in [0.3, 0.4) is 0 Å². The third kappa shape index (κ3) is 3.44. The Bertz CT molecular complexity index is 712. The Labute approximate surface area is 147 Å². The molecule has 2 aromatic rings. The molecular formula is C19H23FN4O. The van der Waals surface area contributed by atoms with E-state index in [0.717, 1.165) is 57.3 Å². The molecule has 0 spiro atoms. The molecule has 0 amide bonds. The Morgan fingerprint density at radius 2 is 1.88 bits per heavy atom. The average molecular weight is 342 g/mol. The van der Waals surface area contributed by atoms with E-state index in [1.54, 1.807) is 18.5 Å². The normalized spacial score (nSPS) is 19.3. The first kappa shape index (κ1) is 16.3. The van der Waals surface area contributed by atoms with E-state index in [-0.39, 0.29) is 11.2 Å². The Hall–Kier alpha value is -2.21. The van der Waals surface area contributed by atoms with Crippen LogP contribution in [0.5, 0.6) is 0 Å². The van der Waals surface area contributed by atoms with Gasteiger partial charge in [0.15, 0.2) is 0 Å². The number of hydrogen-bond donors (Lipinski definition) is 1. The number of morpholine rings is 1. The van der Waals surface area contributed by atoms with Crippen LogP contribution in [-0.2, 0) is 10.2 Å². The number of nitrogens with zero attached hydrogens (tertiary/aromatic N) is 3. The zero-order valence-electron chi connectivity index (χ0n) is 14.2. The molecular weight excluding hydrogens is 319 g/mol. The summed E-state index contributed by atoms with van der Waals surface area (Å²) in [6.07, 6.45) is 5.06. The highest BCUT2D eigenvalue weighted by atomic mass is 19.1. The van der Waals surface area contributed by atoms with Crippen molar-refractivity contribution < 1.29 is 9.13 Å². The third-order valence-electron chi connectivity index (χ3n) is 5.36. The molecule has 1 aliphatic heterocycles. The molecule has 132 valence electrons. The molecule has 6 heteroatoms. The van der Waals surface area contributed by atoms with Crippen molar-refractivity contribution in [2.24, 2.45) is 0 Å². The average Bonchev–Trinajstić information content (AvgIpc) is 2.63. The van der Waals surface area contributed by atoms with Crippen LogP contribution < -0.4 is 10.2 Å². The number of ether oxygens (including phenoxy) is 1. The lowest BCUT2D eigenvalue weighted by molar-refractivity contribution is 0.122. The van der Waals surface area contributed by atoms with Gasteiger partial charge in [0, 0.05) is 31.1 Å². The second kappa shape index (κ2) is 6.96. The maximum atomic E-state index is 13.2.